The Balaban J connectivity index is 1.51. The number of thiophene rings is 1. The summed E-state index contributed by atoms with van der Waals surface area (Å²) in [6.07, 6.45) is 7.98. The fraction of sp³-hybridized carbons (Fsp3) is 0.238. The fourth-order valence-corrected chi connectivity index (χ4v) is 7.73. The van der Waals surface area contributed by atoms with Crippen LogP contribution in [-0.2, 0) is 11.4 Å². The number of nitrogens with zero attached hydrogens (tertiary/aromatic N) is 3. The second-order valence-electron chi connectivity index (χ2n) is 7.60. The van der Waals surface area contributed by atoms with Gasteiger partial charge in [0.2, 0.25) is 4.21 Å². The quantitative estimate of drug-likeness (QED) is 0.273. The van der Waals surface area contributed by atoms with Crippen LogP contribution in [0.1, 0.15) is 31.7 Å². The van der Waals surface area contributed by atoms with Crippen molar-refractivity contribution < 1.29 is 8.94 Å². The fourth-order valence-electron chi connectivity index (χ4n) is 4.15. The standard InChI is InChI=1S/C21H18BrClFN5OS2/c22-14-8-17(23)31-21(14)32(30)28-16-6-5-11(7-15(16)24)13-9-29(12-3-1-2-4-12)20-18(13)19(25)26-10-27-20/h5-10,12,28H,1-4H2,(H2,25,26,27). The summed E-state index contributed by atoms with van der Waals surface area (Å²) in [6, 6.07) is 6.78. The largest absolute Gasteiger partial charge is 0.587 e. The summed E-state index contributed by atoms with van der Waals surface area (Å²) < 4.78 is 34.1. The van der Waals surface area contributed by atoms with Gasteiger partial charge in [0.25, 0.3) is 0 Å². The predicted octanol–water partition coefficient (Wildman–Crippen LogP) is 6.55. The van der Waals surface area contributed by atoms with E-state index in [0.717, 1.165) is 29.4 Å². The number of benzene rings is 1. The smallest absolute Gasteiger partial charge is 0.249 e. The van der Waals surface area contributed by atoms with Crippen molar-refractivity contribution in [1.29, 1.82) is 0 Å². The molecule has 5 rings (SSSR count). The van der Waals surface area contributed by atoms with E-state index in [9.17, 15) is 4.55 Å². The van der Waals surface area contributed by atoms with Crippen LogP contribution in [0.3, 0.4) is 0 Å². The van der Waals surface area contributed by atoms with Gasteiger partial charge < -0.3 is 14.9 Å². The molecular weight excluding hydrogens is 537 g/mol. The Hall–Kier alpha value is -1.85. The van der Waals surface area contributed by atoms with E-state index in [-0.39, 0.29) is 5.69 Å². The number of nitrogens with one attached hydrogen (secondary N) is 1. The van der Waals surface area contributed by atoms with Crippen molar-refractivity contribution in [3.63, 3.8) is 0 Å². The molecule has 1 aliphatic carbocycles. The number of rotatable bonds is 5. The highest BCUT2D eigenvalue weighted by Crippen LogP contribution is 2.40. The molecule has 11 heteroatoms. The first kappa shape index (κ1) is 22.0. The molecule has 0 saturated heterocycles. The molecule has 3 N–H and O–H groups in total. The van der Waals surface area contributed by atoms with E-state index < -0.39 is 17.2 Å². The Morgan fingerprint density at radius 3 is 2.75 bits per heavy atom. The predicted molar refractivity (Wildman–Crippen MR) is 132 cm³/mol. The van der Waals surface area contributed by atoms with Crippen LogP contribution in [0.15, 0.2) is 45.5 Å². The summed E-state index contributed by atoms with van der Waals surface area (Å²) in [5.74, 6) is -0.156. The molecule has 0 bridgehead atoms. The summed E-state index contributed by atoms with van der Waals surface area (Å²) in [5.41, 5.74) is 8.53. The normalized spacial score (nSPS) is 15.5. The molecular formula is C21H18BrClFN5OS2. The third-order valence-electron chi connectivity index (χ3n) is 5.63. The number of aromatic nitrogens is 3. The molecule has 166 valence electrons. The molecule has 1 atom stereocenters. The first-order valence-corrected chi connectivity index (χ1v) is 13.1. The number of hydrogen-bond acceptors (Lipinski definition) is 6. The lowest BCUT2D eigenvalue weighted by atomic mass is 10.1. The van der Waals surface area contributed by atoms with Gasteiger partial charge in [0, 0.05) is 17.8 Å². The van der Waals surface area contributed by atoms with Gasteiger partial charge >= 0.3 is 0 Å². The molecule has 6 nitrogen and oxygen atoms in total. The second-order valence-corrected chi connectivity index (χ2v) is 11.5. The Morgan fingerprint density at radius 2 is 2.06 bits per heavy atom. The van der Waals surface area contributed by atoms with Crippen molar-refractivity contribution in [1.82, 2.24) is 14.5 Å². The summed E-state index contributed by atoms with van der Waals surface area (Å²) >= 11 is 8.81. The van der Waals surface area contributed by atoms with Crippen LogP contribution in [-0.4, -0.2) is 19.1 Å². The van der Waals surface area contributed by atoms with Gasteiger partial charge in [-0.2, -0.15) is 4.72 Å². The maximum absolute atomic E-state index is 15.0. The van der Waals surface area contributed by atoms with E-state index in [0.29, 0.717) is 30.4 Å². The number of nitrogen functional groups attached to an aromatic ring is 1. The molecule has 1 aromatic carbocycles. The monoisotopic (exact) mass is 553 g/mol. The molecule has 32 heavy (non-hydrogen) atoms. The van der Waals surface area contributed by atoms with Crippen molar-refractivity contribution >= 4 is 72.8 Å². The van der Waals surface area contributed by atoms with Crippen LogP contribution in [0, 0.1) is 5.82 Å². The lowest BCUT2D eigenvalue weighted by Crippen LogP contribution is -2.13. The molecule has 1 aliphatic rings. The lowest BCUT2D eigenvalue weighted by molar-refractivity contribution is 0.532. The SMILES string of the molecule is Nc1ncnc2c1c(-c1ccc(N[S+]([O-])c3sc(Cl)cc3Br)c(F)c1)cn2C1CCCC1. The van der Waals surface area contributed by atoms with Gasteiger partial charge in [0.15, 0.2) is 5.82 Å². The van der Waals surface area contributed by atoms with Crippen LogP contribution < -0.4 is 10.5 Å². The highest BCUT2D eigenvalue weighted by atomic mass is 79.9. The molecule has 0 radical (unpaired) electrons. The molecule has 0 spiro atoms. The third-order valence-corrected chi connectivity index (χ3v) is 9.51. The molecule has 3 heterocycles. The highest BCUT2D eigenvalue weighted by Gasteiger charge is 2.24. The average molecular weight is 555 g/mol. The maximum Gasteiger partial charge on any atom is 0.249 e. The van der Waals surface area contributed by atoms with Crippen LogP contribution >= 0.6 is 38.9 Å². The molecule has 1 saturated carbocycles. The number of halogens is 3. The van der Waals surface area contributed by atoms with E-state index in [1.54, 1.807) is 18.2 Å². The van der Waals surface area contributed by atoms with Crippen molar-refractivity contribution in [2.24, 2.45) is 0 Å². The van der Waals surface area contributed by atoms with E-state index in [2.05, 4.69) is 35.2 Å². The zero-order chi connectivity index (χ0) is 22.4. The molecule has 0 aliphatic heterocycles. The topological polar surface area (TPSA) is 91.8 Å². The van der Waals surface area contributed by atoms with Crippen molar-refractivity contribution in [2.45, 2.75) is 35.9 Å². The van der Waals surface area contributed by atoms with Gasteiger partial charge in [0.05, 0.1) is 14.2 Å². The van der Waals surface area contributed by atoms with Crippen LogP contribution in [0.2, 0.25) is 4.34 Å². The summed E-state index contributed by atoms with van der Waals surface area (Å²) in [5, 5.41) is 0.722. The summed E-state index contributed by atoms with van der Waals surface area (Å²) in [4.78, 5) is 8.62. The molecule has 3 aromatic heterocycles. The Kier molecular flexibility index (Phi) is 6.06. The van der Waals surface area contributed by atoms with Gasteiger partial charge in [0.1, 0.15) is 34.8 Å². The zero-order valence-electron chi connectivity index (χ0n) is 16.6. The van der Waals surface area contributed by atoms with Crippen LogP contribution in [0.4, 0.5) is 15.9 Å². The van der Waals surface area contributed by atoms with Crippen molar-refractivity contribution in [3.8, 4) is 11.1 Å². The number of anilines is 2. The van der Waals surface area contributed by atoms with Gasteiger partial charge in [-0.1, -0.05) is 41.8 Å². The number of nitrogens with two attached hydrogens (primary N) is 1. The molecule has 4 aromatic rings. The van der Waals surface area contributed by atoms with Gasteiger partial charge in [-0.3, -0.25) is 0 Å². The minimum absolute atomic E-state index is 0.132. The van der Waals surface area contributed by atoms with Crippen LogP contribution in [0.25, 0.3) is 22.2 Å². The van der Waals surface area contributed by atoms with E-state index in [4.69, 9.17) is 17.3 Å². The van der Waals surface area contributed by atoms with E-state index in [1.165, 1.54) is 36.6 Å². The number of fused-ring (bicyclic) bond motifs is 1. The molecule has 1 fully saturated rings. The first-order valence-electron chi connectivity index (χ1n) is 9.96. The average Bonchev–Trinajstić information content (AvgIpc) is 3.48. The minimum Gasteiger partial charge on any atom is -0.587 e. The third kappa shape index (κ3) is 3.99. The summed E-state index contributed by atoms with van der Waals surface area (Å²) in [6.45, 7) is 0. The Morgan fingerprint density at radius 1 is 1.28 bits per heavy atom. The van der Waals surface area contributed by atoms with Gasteiger partial charge in [-0.25, -0.2) is 14.4 Å². The lowest BCUT2D eigenvalue weighted by Gasteiger charge is -2.12. The van der Waals surface area contributed by atoms with Gasteiger partial charge in [-0.15, -0.1) is 0 Å². The Labute approximate surface area is 204 Å². The van der Waals surface area contributed by atoms with Crippen LogP contribution in [0.5, 0.6) is 0 Å². The minimum atomic E-state index is -1.66. The first-order chi connectivity index (χ1) is 15.4. The second kappa shape index (κ2) is 8.83. The Bertz CT molecular complexity index is 1310. The number of hydrogen-bond donors (Lipinski definition) is 2. The van der Waals surface area contributed by atoms with Crippen molar-refractivity contribution in [2.75, 3.05) is 10.5 Å². The maximum atomic E-state index is 15.0. The molecule has 0 amide bonds. The van der Waals surface area contributed by atoms with Crippen molar-refractivity contribution in [3.05, 3.63) is 51.4 Å². The van der Waals surface area contributed by atoms with E-state index in [1.807, 2.05) is 6.20 Å². The van der Waals surface area contributed by atoms with E-state index >= 15 is 4.39 Å². The van der Waals surface area contributed by atoms with Gasteiger partial charge in [-0.05, 0) is 52.5 Å². The highest BCUT2D eigenvalue weighted by molar-refractivity contribution is 9.10. The zero-order valence-corrected chi connectivity index (χ0v) is 20.6. The summed E-state index contributed by atoms with van der Waals surface area (Å²) in [7, 11) is 0. The molecule has 1 unspecified atom stereocenters.